The first-order chi connectivity index (χ1) is 7.22. The first kappa shape index (κ1) is 10.1. The van der Waals surface area contributed by atoms with Crippen molar-refractivity contribution in [1.82, 2.24) is 5.32 Å². The lowest BCUT2D eigenvalue weighted by atomic mass is 10.1. The number of likely N-dealkylation sites (N-methyl/N-ethyl adjacent to an activating group) is 1. The zero-order valence-corrected chi connectivity index (χ0v) is 9.08. The highest BCUT2D eigenvalue weighted by Gasteiger charge is 2.26. The van der Waals surface area contributed by atoms with E-state index in [-0.39, 0.29) is 12.1 Å². The lowest BCUT2D eigenvalue weighted by Gasteiger charge is -2.33. The molecule has 1 aliphatic heterocycles. The number of fused-ring (bicyclic) bond motifs is 1. The highest BCUT2D eigenvalue weighted by molar-refractivity contribution is 5.70. The Kier molecular flexibility index (Phi) is 2.68. The maximum Gasteiger partial charge on any atom is 0.165 e. The normalized spacial score (nSPS) is 23.9. The van der Waals surface area contributed by atoms with Gasteiger partial charge in [0, 0.05) is 6.54 Å². The molecule has 0 aliphatic carbocycles. The number of benzene rings is 1. The monoisotopic (exact) mass is 207 g/mol. The minimum atomic E-state index is 0.118. The number of ether oxygens (including phenoxy) is 1. The van der Waals surface area contributed by atoms with Gasteiger partial charge in [0.15, 0.2) is 5.75 Å². The third-order valence-corrected chi connectivity index (χ3v) is 2.66. The van der Waals surface area contributed by atoms with Crippen LogP contribution in [0.25, 0.3) is 0 Å². The fourth-order valence-electron chi connectivity index (χ4n) is 1.81. The fraction of sp³-hybridized carbons (Fsp3) is 0.455. The standard InChI is InChI=1S/C11H17N3O/c1-7-10(6-13-2)15-11-8(12)4-3-5-9(11)14-7/h3-5,7,10,13-14H,6,12H2,1-2H3. The summed E-state index contributed by atoms with van der Waals surface area (Å²) in [5, 5.41) is 6.50. The third kappa shape index (κ3) is 1.85. The molecule has 2 rings (SSSR count). The number of para-hydroxylation sites is 1. The van der Waals surface area contributed by atoms with Gasteiger partial charge in [0.25, 0.3) is 0 Å². The lowest BCUT2D eigenvalue weighted by Crippen LogP contribution is -2.45. The molecular formula is C11H17N3O. The van der Waals surface area contributed by atoms with Crippen LogP contribution in [0, 0.1) is 0 Å². The Balaban J connectivity index is 2.26. The Labute approximate surface area is 89.8 Å². The molecule has 4 heteroatoms. The summed E-state index contributed by atoms with van der Waals surface area (Å²) in [6.07, 6.45) is 0.118. The molecule has 2 unspecified atom stereocenters. The van der Waals surface area contributed by atoms with Crippen LogP contribution >= 0.6 is 0 Å². The molecule has 1 aromatic carbocycles. The van der Waals surface area contributed by atoms with Crippen LogP contribution in [0.1, 0.15) is 6.92 Å². The van der Waals surface area contributed by atoms with E-state index in [1.807, 2.05) is 25.2 Å². The number of rotatable bonds is 2. The van der Waals surface area contributed by atoms with Gasteiger partial charge in [-0.05, 0) is 26.1 Å². The molecule has 0 radical (unpaired) electrons. The Morgan fingerprint density at radius 3 is 3.07 bits per heavy atom. The van der Waals surface area contributed by atoms with Crippen molar-refractivity contribution in [2.24, 2.45) is 0 Å². The van der Waals surface area contributed by atoms with E-state index >= 15 is 0 Å². The first-order valence-corrected chi connectivity index (χ1v) is 5.18. The molecule has 1 heterocycles. The molecule has 4 N–H and O–H groups in total. The molecule has 0 saturated heterocycles. The van der Waals surface area contributed by atoms with Crippen molar-refractivity contribution in [3.05, 3.63) is 18.2 Å². The van der Waals surface area contributed by atoms with E-state index in [2.05, 4.69) is 17.6 Å². The van der Waals surface area contributed by atoms with Crippen LogP contribution in [-0.4, -0.2) is 25.7 Å². The summed E-state index contributed by atoms with van der Waals surface area (Å²) in [6.45, 7) is 2.91. The van der Waals surface area contributed by atoms with Crippen molar-refractivity contribution in [2.45, 2.75) is 19.1 Å². The van der Waals surface area contributed by atoms with E-state index in [4.69, 9.17) is 10.5 Å². The molecule has 0 amide bonds. The van der Waals surface area contributed by atoms with Gasteiger partial charge in [-0.1, -0.05) is 6.07 Å². The van der Waals surface area contributed by atoms with Crippen LogP contribution in [0.5, 0.6) is 5.75 Å². The van der Waals surface area contributed by atoms with E-state index in [1.54, 1.807) is 0 Å². The van der Waals surface area contributed by atoms with E-state index in [0.29, 0.717) is 5.69 Å². The second kappa shape index (κ2) is 3.98. The van der Waals surface area contributed by atoms with Crippen molar-refractivity contribution >= 4 is 11.4 Å². The third-order valence-electron chi connectivity index (χ3n) is 2.66. The molecule has 0 bridgehead atoms. The van der Waals surface area contributed by atoms with E-state index < -0.39 is 0 Å². The molecule has 15 heavy (non-hydrogen) atoms. The van der Waals surface area contributed by atoms with Crippen LogP contribution in [0.3, 0.4) is 0 Å². The molecule has 82 valence electrons. The van der Waals surface area contributed by atoms with Crippen LogP contribution in [0.4, 0.5) is 11.4 Å². The molecule has 1 aliphatic rings. The van der Waals surface area contributed by atoms with Crippen molar-refractivity contribution in [3.8, 4) is 5.75 Å². The highest BCUT2D eigenvalue weighted by atomic mass is 16.5. The zero-order chi connectivity index (χ0) is 10.8. The predicted molar refractivity (Wildman–Crippen MR) is 62.3 cm³/mol. The van der Waals surface area contributed by atoms with Gasteiger partial charge in [0.1, 0.15) is 6.10 Å². The maximum absolute atomic E-state index is 5.87. The quantitative estimate of drug-likeness (QED) is 0.634. The molecule has 0 saturated carbocycles. The van der Waals surface area contributed by atoms with E-state index in [1.165, 1.54) is 0 Å². The van der Waals surface area contributed by atoms with Crippen molar-refractivity contribution in [1.29, 1.82) is 0 Å². The number of nitrogens with two attached hydrogens (primary N) is 1. The number of hydrogen-bond acceptors (Lipinski definition) is 4. The van der Waals surface area contributed by atoms with Gasteiger partial charge < -0.3 is 21.1 Å². The second-order valence-corrected chi connectivity index (χ2v) is 3.87. The second-order valence-electron chi connectivity index (χ2n) is 3.87. The van der Waals surface area contributed by atoms with Gasteiger partial charge >= 0.3 is 0 Å². The maximum atomic E-state index is 5.87. The highest BCUT2D eigenvalue weighted by Crippen LogP contribution is 2.36. The number of nitrogen functional groups attached to an aromatic ring is 1. The largest absolute Gasteiger partial charge is 0.483 e. The Bertz CT molecular complexity index is 354. The Morgan fingerprint density at radius 2 is 2.33 bits per heavy atom. The van der Waals surface area contributed by atoms with Gasteiger partial charge in [-0.15, -0.1) is 0 Å². The summed E-state index contributed by atoms with van der Waals surface area (Å²) >= 11 is 0. The first-order valence-electron chi connectivity index (χ1n) is 5.18. The molecule has 0 aromatic heterocycles. The molecule has 1 aromatic rings. The Morgan fingerprint density at radius 1 is 1.53 bits per heavy atom. The average Bonchev–Trinajstić information content (AvgIpc) is 2.21. The summed E-state index contributed by atoms with van der Waals surface area (Å²) in [5.41, 5.74) is 7.53. The van der Waals surface area contributed by atoms with E-state index in [9.17, 15) is 0 Å². The summed E-state index contributed by atoms with van der Waals surface area (Å²) in [7, 11) is 1.92. The van der Waals surface area contributed by atoms with Gasteiger partial charge in [-0.3, -0.25) is 0 Å². The summed E-state index contributed by atoms with van der Waals surface area (Å²) in [4.78, 5) is 0. The predicted octanol–water partition coefficient (Wildman–Crippen LogP) is 1.05. The van der Waals surface area contributed by atoms with Crippen LogP contribution < -0.4 is 21.1 Å². The van der Waals surface area contributed by atoms with E-state index in [0.717, 1.165) is 18.0 Å². The number of nitrogens with one attached hydrogen (secondary N) is 2. The van der Waals surface area contributed by atoms with Crippen LogP contribution in [-0.2, 0) is 0 Å². The SMILES string of the molecule is CNCC1Oc2c(N)cccc2NC1C. The molecule has 2 atom stereocenters. The van der Waals surface area contributed by atoms with Crippen LogP contribution in [0.15, 0.2) is 18.2 Å². The van der Waals surface area contributed by atoms with Gasteiger partial charge in [0.2, 0.25) is 0 Å². The lowest BCUT2D eigenvalue weighted by molar-refractivity contribution is 0.175. The van der Waals surface area contributed by atoms with Gasteiger partial charge in [0.05, 0.1) is 17.4 Å². The summed E-state index contributed by atoms with van der Waals surface area (Å²) < 4.78 is 5.87. The average molecular weight is 207 g/mol. The minimum absolute atomic E-state index is 0.118. The van der Waals surface area contributed by atoms with Crippen molar-refractivity contribution in [2.75, 3.05) is 24.6 Å². The smallest absolute Gasteiger partial charge is 0.165 e. The summed E-state index contributed by atoms with van der Waals surface area (Å²) in [6, 6.07) is 6.05. The fourth-order valence-corrected chi connectivity index (χ4v) is 1.81. The minimum Gasteiger partial charge on any atom is -0.483 e. The zero-order valence-electron chi connectivity index (χ0n) is 9.08. The van der Waals surface area contributed by atoms with Crippen molar-refractivity contribution in [3.63, 3.8) is 0 Å². The Hall–Kier alpha value is -1.42. The number of anilines is 2. The van der Waals surface area contributed by atoms with Crippen molar-refractivity contribution < 1.29 is 4.74 Å². The molecule has 0 spiro atoms. The van der Waals surface area contributed by atoms with Crippen LogP contribution in [0.2, 0.25) is 0 Å². The number of hydrogen-bond donors (Lipinski definition) is 3. The summed E-state index contributed by atoms with van der Waals surface area (Å²) in [5.74, 6) is 0.774. The molecule has 4 nitrogen and oxygen atoms in total. The van der Waals surface area contributed by atoms with Gasteiger partial charge in [-0.25, -0.2) is 0 Å². The van der Waals surface area contributed by atoms with Gasteiger partial charge in [-0.2, -0.15) is 0 Å². The molecule has 0 fully saturated rings. The molecular weight excluding hydrogens is 190 g/mol. The topological polar surface area (TPSA) is 59.3 Å².